The minimum Gasteiger partial charge on any atom is -0.497 e. The van der Waals surface area contributed by atoms with E-state index in [-0.39, 0.29) is 4.90 Å². The number of rotatable bonds is 7. The Labute approximate surface area is 198 Å². The average molecular weight is 491 g/mol. The predicted molar refractivity (Wildman–Crippen MR) is 127 cm³/mol. The van der Waals surface area contributed by atoms with Gasteiger partial charge in [-0.25, -0.2) is 12.7 Å². The van der Waals surface area contributed by atoms with Crippen LogP contribution in [0.4, 0.5) is 0 Å². The molecular weight excluding hydrogens is 462 g/mol. The topological polar surface area (TPSA) is 83.0 Å². The van der Waals surface area contributed by atoms with Crippen molar-refractivity contribution >= 4 is 22.2 Å². The molecule has 3 aromatic rings. The maximum absolute atomic E-state index is 12.7. The van der Waals surface area contributed by atoms with Gasteiger partial charge in [0.05, 0.1) is 30.9 Å². The summed E-state index contributed by atoms with van der Waals surface area (Å²) in [5.74, 6) is 1.26. The molecule has 1 saturated heterocycles. The third-order valence-corrected chi connectivity index (χ3v) is 7.80. The van der Waals surface area contributed by atoms with Crippen molar-refractivity contribution in [3.63, 3.8) is 0 Å². The number of hydrogen-bond acceptors (Lipinski definition) is 6. The number of sulfonamides is 1. The van der Waals surface area contributed by atoms with E-state index in [0.717, 1.165) is 18.8 Å². The number of benzene rings is 2. The third kappa shape index (κ3) is 4.87. The molecule has 0 spiro atoms. The van der Waals surface area contributed by atoms with Crippen molar-refractivity contribution in [2.45, 2.75) is 11.6 Å². The van der Waals surface area contributed by atoms with Gasteiger partial charge in [-0.3, -0.25) is 4.57 Å². The molecule has 176 valence electrons. The summed E-state index contributed by atoms with van der Waals surface area (Å²) in [6.45, 7) is 3.76. The van der Waals surface area contributed by atoms with Crippen LogP contribution in [-0.2, 0) is 21.4 Å². The van der Waals surface area contributed by atoms with E-state index in [9.17, 15) is 8.42 Å². The van der Waals surface area contributed by atoms with Crippen molar-refractivity contribution in [1.29, 1.82) is 0 Å². The van der Waals surface area contributed by atoms with Crippen LogP contribution < -0.4 is 9.64 Å². The Kier molecular flexibility index (Phi) is 6.96. The molecule has 4 rings (SSSR count). The summed E-state index contributed by atoms with van der Waals surface area (Å²) in [4.78, 5) is 1.52. The van der Waals surface area contributed by atoms with E-state index in [4.69, 9.17) is 26.8 Å². The second-order valence-electron chi connectivity index (χ2n) is 7.98. The molecule has 1 aliphatic heterocycles. The zero-order valence-electron chi connectivity index (χ0n) is 18.9. The van der Waals surface area contributed by atoms with Gasteiger partial charge in [0.1, 0.15) is 18.8 Å². The summed E-state index contributed by atoms with van der Waals surface area (Å²) < 4.78 is 41.7. The number of hydrogen-bond donors (Lipinski definition) is 1. The molecule has 1 aromatic heterocycles. The molecule has 2 heterocycles. The van der Waals surface area contributed by atoms with E-state index in [2.05, 4.69) is 0 Å². The fourth-order valence-corrected chi connectivity index (χ4v) is 4.96. The van der Waals surface area contributed by atoms with Gasteiger partial charge in [-0.2, -0.15) is 4.68 Å². The molecule has 33 heavy (non-hydrogen) atoms. The van der Waals surface area contributed by atoms with E-state index in [1.54, 1.807) is 30.0 Å². The van der Waals surface area contributed by atoms with Crippen molar-refractivity contribution in [2.75, 3.05) is 47.5 Å². The van der Waals surface area contributed by atoms with Gasteiger partial charge in [-0.15, -0.1) is 5.10 Å². The van der Waals surface area contributed by atoms with Crippen LogP contribution in [0.25, 0.3) is 17.1 Å². The summed E-state index contributed by atoms with van der Waals surface area (Å²) >= 11 is 5.84. The van der Waals surface area contributed by atoms with Crippen LogP contribution in [-0.4, -0.2) is 74.6 Å². The van der Waals surface area contributed by atoms with Gasteiger partial charge < -0.3 is 14.4 Å². The Hall–Kier alpha value is -2.57. The maximum Gasteiger partial charge on any atom is 0.242 e. The van der Waals surface area contributed by atoms with Crippen molar-refractivity contribution in [3.05, 3.63) is 53.3 Å². The lowest BCUT2D eigenvalue weighted by Gasteiger charge is -2.23. The fourth-order valence-electron chi connectivity index (χ4n) is 3.72. The summed E-state index contributed by atoms with van der Waals surface area (Å²) in [5.41, 5.74) is 1.45. The lowest BCUT2D eigenvalue weighted by molar-refractivity contribution is -0.930. The second kappa shape index (κ2) is 9.74. The number of morpholine rings is 1. The first-order valence-electron chi connectivity index (χ1n) is 10.6. The lowest BCUT2D eigenvalue weighted by Crippen LogP contribution is -3.13. The predicted octanol–water partition coefficient (Wildman–Crippen LogP) is 1.20. The Morgan fingerprint density at radius 1 is 1.15 bits per heavy atom. The van der Waals surface area contributed by atoms with Gasteiger partial charge in [-0.05, 0) is 36.5 Å². The van der Waals surface area contributed by atoms with Gasteiger partial charge in [0, 0.05) is 25.7 Å². The first-order valence-corrected chi connectivity index (χ1v) is 12.4. The van der Waals surface area contributed by atoms with Crippen LogP contribution in [0.5, 0.6) is 5.75 Å². The van der Waals surface area contributed by atoms with Gasteiger partial charge in [0.2, 0.25) is 14.8 Å². The van der Waals surface area contributed by atoms with E-state index in [1.807, 2.05) is 34.9 Å². The number of aromatic nitrogens is 3. The number of nitrogens with one attached hydrogen (secondary N) is 1. The maximum atomic E-state index is 12.7. The molecule has 0 bridgehead atoms. The summed E-state index contributed by atoms with van der Waals surface area (Å²) in [6.07, 6.45) is 0. The molecule has 1 aliphatic rings. The molecule has 1 fully saturated rings. The number of methoxy groups -OCH3 is 1. The van der Waals surface area contributed by atoms with Crippen LogP contribution >= 0.6 is 12.2 Å². The molecule has 2 aromatic carbocycles. The minimum absolute atomic E-state index is 0.196. The molecule has 0 amide bonds. The van der Waals surface area contributed by atoms with Crippen molar-refractivity contribution in [3.8, 4) is 22.8 Å². The van der Waals surface area contributed by atoms with Crippen LogP contribution in [0.1, 0.15) is 0 Å². The SMILES string of the molecule is COc1cccc(-n2c(-c3cccc(S(=O)(=O)N(C)C)c3)nn(C[NH+]3CCOCC3)c2=S)c1. The molecule has 0 saturated carbocycles. The van der Waals surface area contributed by atoms with Gasteiger partial charge in [0.15, 0.2) is 12.5 Å². The normalized spacial score (nSPS) is 15.2. The number of ether oxygens (including phenoxy) is 2. The van der Waals surface area contributed by atoms with Crippen LogP contribution in [0.2, 0.25) is 0 Å². The largest absolute Gasteiger partial charge is 0.497 e. The number of nitrogens with zero attached hydrogens (tertiary/aromatic N) is 4. The summed E-state index contributed by atoms with van der Waals surface area (Å²) in [5, 5.41) is 4.84. The Bertz CT molecular complexity index is 1290. The van der Waals surface area contributed by atoms with E-state index in [1.165, 1.54) is 23.3 Å². The molecule has 0 radical (unpaired) electrons. The quantitative estimate of drug-likeness (QED) is 0.502. The highest BCUT2D eigenvalue weighted by molar-refractivity contribution is 7.89. The molecular formula is C22H28N5O4S2+. The highest BCUT2D eigenvalue weighted by Gasteiger charge is 2.22. The minimum atomic E-state index is -3.60. The van der Waals surface area contributed by atoms with E-state index in [0.29, 0.717) is 41.8 Å². The van der Waals surface area contributed by atoms with Gasteiger partial charge in [0.25, 0.3) is 0 Å². The van der Waals surface area contributed by atoms with E-state index >= 15 is 0 Å². The molecule has 9 nitrogen and oxygen atoms in total. The molecule has 1 N–H and O–H groups in total. The smallest absolute Gasteiger partial charge is 0.242 e. The molecule has 0 atom stereocenters. The highest BCUT2D eigenvalue weighted by atomic mass is 32.2. The summed E-state index contributed by atoms with van der Waals surface area (Å²) in [6, 6.07) is 14.3. The van der Waals surface area contributed by atoms with E-state index < -0.39 is 10.0 Å². The Balaban J connectivity index is 1.86. The monoisotopic (exact) mass is 490 g/mol. The average Bonchev–Trinajstić information content (AvgIpc) is 3.15. The van der Waals surface area contributed by atoms with Crippen molar-refractivity contribution in [1.82, 2.24) is 18.7 Å². The second-order valence-corrected chi connectivity index (χ2v) is 10.5. The molecule has 0 unspecified atom stereocenters. The molecule has 0 aliphatic carbocycles. The van der Waals surface area contributed by atoms with Crippen LogP contribution in [0, 0.1) is 4.77 Å². The summed E-state index contributed by atoms with van der Waals surface area (Å²) in [7, 11) is 1.04. The fraction of sp³-hybridized carbons (Fsp3) is 0.364. The van der Waals surface area contributed by atoms with Gasteiger partial charge >= 0.3 is 0 Å². The van der Waals surface area contributed by atoms with Crippen LogP contribution in [0.15, 0.2) is 53.4 Å². The first-order chi connectivity index (χ1) is 15.8. The third-order valence-electron chi connectivity index (χ3n) is 5.59. The van der Waals surface area contributed by atoms with Crippen molar-refractivity contribution in [2.24, 2.45) is 0 Å². The Morgan fingerprint density at radius 3 is 2.58 bits per heavy atom. The highest BCUT2D eigenvalue weighted by Crippen LogP contribution is 2.27. The van der Waals surface area contributed by atoms with Crippen LogP contribution in [0.3, 0.4) is 0 Å². The number of quaternary nitrogens is 1. The first kappa shape index (κ1) is 23.6. The molecule has 11 heteroatoms. The zero-order chi connectivity index (χ0) is 23.6. The van der Waals surface area contributed by atoms with Crippen molar-refractivity contribution < 1.29 is 22.8 Å². The van der Waals surface area contributed by atoms with Gasteiger partial charge in [-0.1, -0.05) is 18.2 Å². The Morgan fingerprint density at radius 2 is 1.88 bits per heavy atom. The lowest BCUT2D eigenvalue weighted by atomic mass is 10.2. The standard InChI is InChI=1S/C22H27N5O4S2/c1-24(2)33(28,29)20-9-4-6-17(14-20)21-23-26(16-25-10-12-31-13-11-25)22(32)27(21)18-7-5-8-19(15-18)30-3/h4-9,14-15H,10-13,16H2,1-3H3/p+1. The zero-order valence-corrected chi connectivity index (χ0v) is 20.5.